The molecule has 2 aromatic rings. The Morgan fingerprint density at radius 3 is 2.96 bits per heavy atom. The third-order valence-corrected chi connectivity index (χ3v) is 4.17. The number of thioether (sulfide) groups is 1. The Morgan fingerprint density at radius 1 is 1.32 bits per heavy atom. The van der Waals surface area contributed by atoms with Crippen molar-refractivity contribution in [3.8, 4) is 11.6 Å². The van der Waals surface area contributed by atoms with E-state index < -0.39 is 11.9 Å². The zero-order chi connectivity index (χ0) is 19.9. The van der Waals surface area contributed by atoms with E-state index in [0.717, 1.165) is 29.1 Å². The lowest BCUT2D eigenvalue weighted by Crippen LogP contribution is -2.19. The number of methoxy groups -OCH3 is 1. The summed E-state index contributed by atoms with van der Waals surface area (Å²) in [6.07, 6.45) is 5.78. The number of carbonyl (C=O) groups excluding carboxylic acids is 2. The second-order valence-electron chi connectivity index (χ2n) is 5.41. The molecule has 1 saturated heterocycles. The van der Waals surface area contributed by atoms with E-state index in [-0.39, 0.29) is 10.1 Å². The maximum Gasteiger partial charge on any atom is 0.331 e. The molecule has 3 rings (SSSR count). The highest BCUT2D eigenvalue weighted by Crippen LogP contribution is 2.23. The number of amides is 1. The van der Waals surface area contributed by atoms with Crippen molar-refractivity contribution in [1.82, 2.24) is 15.3 Å². The molecule has 1 amide bonds. The molecule has 1 fully saturated rings. The zero-order valence-electron chi connectivity index (χ0n) is 14.9. The number of aryl methyl sites for hydroxylation is 1. The lowest BCUT2D eigenvalue weighted by molar-refractivity contribution is -0.135. The molecule has 0 unspecified atom stereocenters. The summed E-state index contributed by atoms with van der Waals surface area (Å²) in [6.45, 7) is 1.83. The molecular weight excluding hydrogens is 382 g/mol. The van der Waals surface area contributed by atoms with Gasteiger partial charge in [-0.3, -0.25) is 15.1 Å². The predicted octanol–water partition coefficient (Wildman–Crippen LogP) is 2.19. The lowest BCUT2D eigenvalue weighted by atomic mass is 10.2. The Hall–Kier alpha value is -3.53. The maximum absolute atomic E-state index is 11.7. The van der Waals surface area contributed by atoms with Crippen LogP contribution in [0.15, 0.2) is 57.8 Å². The molecule has 1 aromatic carbocycles. The summed E-state index contributed by atoms with van der Waals surface area (Å²) in [5.74, 6) is -0.0794. The molecule has 1 aliphatic rings. The van der Waals surface area contributed by atoms with E-state index in [0.29, 0.717) is 11.6 Å². The number of ether oxygens (including phenoxy) is 2. The van der Waals surface area contributed by atoms with Crippen molar-refractivity contribution in [1.29, 1.82) is 0 Å². The molecule has 0 spiro atoms. The number of amidine groups is 1. The number of hydrogen-bond acceptors (Lipinski definition) is 9. The van der Waals surface area contributed by atoms with E-state index in [4.69, 9.17) is 4.74 Å². The fraction of sp³-hybridized carbons (Fsp3) is 0.111. The van der Waals surface area contributed by atoms with Gasteiger partial charge < -0.3 is 9.47 Å². The number of rotatable bonds is 5. The van der Waals surface area contributed by atoms with Crippen molar-refractivity contribution in [2.75, 3.05) is 7.11 Å². The van der Waals surface area contributed by atoms with Gasteiger partial charge in [0.15, 0.2) is 5.17 Å². The summed E-state index contributed by atoms with van der Waals surface area (Å²) in [5.41, 5.74) is 1.49. The summed E-state index contributed by atoms with van der Waals surface area (Å²) in [5, 5.41) is 10.7. The Labute approximate surface area is 164 Å². The van der Waals surface area contributed by atoms with E-state index in [1.807, 2.05) is 13.0 Å². The molecule has 1 aromatic heterocycles. The van der Waals surface area contributed by atoms with Crippen LogP contribution in [0, 0.1) is 6.92 Å². The van der Waals surface area contributed by atoms with E-state index in [1.165, 1.54) is 19.5 Å². The first-order valence-corrected chi connectivity index (χ1v) is 8.81. The third kappa shape index (κ3) is 5.24. The molecule has 0 atom stereocenters. The Balaban J connectivity index is 1.66. The molecule has 0 bridgehead atoms. The van der Waals surface area contributed by atoms with Gasteiger partial charge in [0.1, 0.15) is 5.75 Å². The molecule has 2 heterocycles. The number of nitrogens with one attached hydrogen (secondary N) is 1. The smallest absolute Gasteiger partial charge is 0.331 e. The first kappa shape index (κ1) is 19.2. The molecule has 0 radical (unpaired) electrons. The van der Waals surface area contributed by atoms with Gasteiger partial charge >= 0.3 is 5.97 Å². The van der Waals surface area contributed by atoms with Crippen molar-refractivity contribution < 1.29 is 19.1 Å². The highest BCUT2D eigenvalue weighted by atomic mass is 32.2. The van der Waals surface area contributed by atoms with Gasteiger partial charge in [0.05, 0.1) is 30.1 Å². The van der Waals surface area contributed by atoms with E-state index >= 15 is 0 Å². The third-order valence-electron chi connectivity index (χ3n) is 3.27. The van der Waals surface area contributed by atoms with Crippen LogP contribution in [-0.2, 0) is 14.3 Å². The Bertz CT molecular complexity index is 1000. The average Bonchev–Trinajstić information content (AvgIpc) is 3.01. The standard InChI is InChI=1S/C18H15N5O4S/c1-11-8-19-10-15(21-11)27-13-5-3-4-12(6-13)9-20-23-18-22-17(25)14(28-18)7-16(24)26-2/h3-10H,1-2H3,(H,22,23,25)/b14-7+,20-9?. The zero-order valence-corrected chi connectivity index (χ0v) is 15.8. The fourth-order valence-corrected chi connectivity index (χ4v) is 2.80. The minimum Gasteiger partial charge on any atom is -0.466 e. The SMILES string of the molecule is COC(=O)/C=C1/S/C(=N\N=Cc2cccc(Oc3cncc(C)n3)c2)NC1=O. The molecule has 10 heteroatoms. The van der Waals surface area contributed by atoms with Crippen LogP contribution in [0.5, 0.6) is 11.6 Å². The first-order valence-electron chi connectivity index (χ1n) is 8.00. The molecular formula is C18H15N5O4S. The van der Waals surface area contributed by atoms with E-state index in [9.17, 15) is 9.59 Å². The largest absolute Gasteiger partial charge is 0.466 e. The normalized spacial score (nSPS) is 16.6. The summed E-state index contributed by atoms with van der Waals surface area (Å²) < 4.78 is 10.2. The van der Waals surface area contributed by atoms with Gasteiger partial charge in [-0.2, -0.15) is 5.10 Å². The molecule has 142 valence electrons. The monoisotopic (exact) mass is 397 g/mol. The second-order valence-corrected chi connectivity index (χ2v) is 6.44. The van der Waals surface area contributed by atoms with Gasteiger partial charge in [-0.25, -0.2) is 9.78 Å². The lowest BCUT2D eigenvalue weighted by Gasteiger charge is -2.05. The summed E-state index contributed by atoms with van der Waals surface area (Å²) >= 11 is 1.000. The summed E-state index contributed by atoms with van der Waals surface area (Å²) in [7, 11) is 1.24. The molecule has 1 N–H and O–H groups in total. The van der Waals surface area contributed by atoms with Crippen LogP contribution in [-0.4, -0.2) is 40.3 Å². The quantitative estimate of drug-likeness (QED) is 0.356. The second kappa shape index (κ2) is 8.91. The molecule has 0 aliphatic carbocycles. The topological polar surface area (TPSA) is 115 Å². The molecule has 28 heavy (non-hydrogen) atoms. The van der Waals surface area contributed by atoms with E-state index in [1.54, 1.807) is 24.4 Å². The van der Waals surface area contributed by atoms with Gasteiger partial charge in [-0.15, -0.1) is 5.10 Å². The number of nitrogens with zero attached hydrogens (tertiary/aromatic N) is 4. The van der Waals surface area contributed by atoms with Gasteiger partial charge in [0.2, 0.25) is 5.88 Å². The van der Waals surface area contributed by atoms with Crippen molar-refractivity contribution in [3.05, 3.63) is 58.9 Å². The number of carbonyl (C=O) groups is 2. The summed E-state index contributed by atoms with van der Waals surface area (Å²) in [4.78, 5) is 31.4. The van der Waals surface area contributed by atoms with Crippen molar-refractivity contribution in [3.63, 3.8) is 0 Å². The van der Waals surface area contributed by atoms with Crippen LogP contribution in [0.1, 0.15) is 11.3 Å². The Morgan fingerprint density at radius 2 is 2.18 bits per heavy atom. The van der Waals surface area contributed by atoms with Gasteiger partial charge in [0, 0.05) is 12.3 Å². The van der Waals surface area contributed by atoms with Crippen molar-refractivity contribution in [2.45, 2.75) is 6.92 Å². The molecule has 1 aliphatic heterocycles. The van der Waals surface area contributed by atoms with Crippen LogP contribution in [0.2, 0.25) is 0 Å². The molecule has 0 saturated carbocycles. The number of esters is 1. The van der Waals surface area contributed by atoms with Crippen molar-refractivity contribution >= 4 is 35.0 Å². The minimum absolute atomic E-state index is 0.190. The predicted molar refractivity (Wildman–Crippen MR) is 104 cm³/mol. The van der Waals surface area contributed by atoms with Gasteiger partial charge in [-0.1, -0.05) is 12.1 Å². The molecule has 9 nitrogen and oxygen atoms in total. The number of hydrogen-bond donors (Lipinski definition) is 1. The fourth-order valence-electron chi connectivity index (χ4n) is 2.06. The average molecular weight is 397 g/mol. The van der Waals surface area contributed by atoms with Crippen LogP contribution < -0.4 is 10.1 Å². The minimum atomic E-state index is -0.613. The van der Waals surface area contributed by atoms with Crippen LogP contribution in [0.25, 0.3) is 0 Å². The highest BCUT2D eigenvalue weighted by Gasteiger charge is 2.24. The highest BCUT2D eigenvalue weighted by molar-refractivity contribution is 8.18. The van der Waals surface area contributed by atoms with E-state index in [2.05, 4.69) is 30.2 Å². The van der Waals surface area contributed by atoms with Crippen LogP contribution in [0.3, 0.4) is 0 Å². The van der Waals surface area contributed by atoms with Gasteiger partial charge in [-0.05, 0) is 36.4 Å². The number of aromatic nitrogens is 2. The van der Waals surface area contributed by atoms with Crippen LogP contribution in [0.4, 0.5) is 0 Å². The first-order chi connectivity index (χ1) is 13.5. The maximum atomic E-state index is 11.7. The van der Waals surface area contributed by atoms with Crippen LogP contribution >= 0.6 is 11.8 Å². The van der Waals surface area contributed by atoms with Gasteiger partial charge in [0.25, 0.3) is 5.91 Å². The Kier molecular flexibility index (Phi) is 6.12. The summed E-state index contributed by atoms with van der Waals surface area (Å²) in [6, 6.07) is 7.17. The van der Waals surface area contributed by atoms with Crippen molar-refractivity contribution in [2.24, 2.45) is 10.2 Å². The number of benzene rings is 1.